The first kappa shape index (κ1) is 27.4. The summed E-state index contributed by atoms with van der Waals surface area (Å²) in [7, 11) is 3.64. The zero-order valence-electron chi connectivity index (χ0n) is 22.6. The molecule has 11 heteroatoms. The van der Waals surface area contributed by atoms with E-state index in [1.54, 1.807) is 40.3 Å². The molecule has 0 bridgehead atoms. The van der Waals surface area contributed by atoms with Gasteiger partial charge in [0.05, 0.1) is 12.7 Å². The first-order chi connectivity index (χ1) is 18.8. The van der Waals surface area contributed by atoms with E-state index in [0.717, 1.165) is 36.1 Å². The van der Waals surface area contributed by atoms with Crippen molar-refractivity contribution in [2.75, 3.05) is 36.6 Å². The molecule has 0 saturated heterocycles. The maximum absolute atomic E-state index is 13.1. The topological polar surface area (TPSA) is 130 Å². The summed E-state index contributed by atoms with van der Waals surface area (Å²) in [5.74, 6) is 1.16. The van der Waals surface area contributed by atoms with Gasteiger partial charge in [0.2, 0.25) is 5.91 Å². The molecule has 39 heavy (non-hydrogen) atoms. The SMILES string of the molecule is CCCCc1cnccc1C(=O)Nc1ccc(C)c(Nc2ccnn2-c2cc(NC(=O)CN(C)C)ncn2)c1. The van der Waals surface area contributed by atoms with Crippen LogP contribution in [-0.2, 0) is 11.2 Å². The van der Waals surface area contributed by atoms with Crippen molar-refractivity contribution in [3.8, 4) is 5.82 Å². The molecule has 3 heterocycles. The number of carbonyl (C=O) groups is 2. The second-order valence-corrected chi connectivity index (χ2v) is 9.42. The highest BCUT2D eigenvalue weighted by molar-refractivity contribution is 6.05. The molecule has 0 unspecified atom stereocenters. The average Bonchev–Trinajstić information content (AvgIpc) is 3.37. The first-order valence-corrected chi connectivity index (χ1v) is 12.8. The summed E-state index contributed by atoms with van der Waals surface area (Å²) < 4.78 is 1.62. The molecule has 0 saturated carbocycles. The number of benzene rings is 1. The Kier molecular flexibility index (Phi) is 8.95. The third kappa shape index (κ3) is 7.23. The number of aromatic nitrogens is 5. The number of anilines is 4. The minimum atomic E-state index is -0.179. The second kappa shape index (κ2) is 12.7. The lowest BCUT2D eigenvalue weighted by Crippen LogP contribution is -2.27. The van der Waals surface area contributed by atoms with Crippen LogP contribution in [0.3, 0.4) is 0 Å². The van der Waals surface area contributed by atoms with E-state index >= 15 is 0 Å². The van der Waals surface area contributed by atoms with Gasteiger partial charge in [-0.2, -0.15) is 9.78 Å². The third-order valence-corrected chi connectivity index (χ3v) is 5.95. The summed E-state index contributed by atoms with van der Waals surface area (Å²) in [6.07, 6.45) is 9.27. The predicted octanol–water partition coefficient (Wildman–Crippen LogP) is 4.20. The van der Waals surface area contributed by atoms with E-state index in [-0.39, 0.29) is 18.4 Å². The van der Waals surface area contributed by atoms with E-state index in [2.05, 4.69) is 42.9 Å². The van der Waals surface area contributed by atoms with Crippen LogP contribution in [0.5, 0.6) is 0 Å². The maximum Gasteiger partial charge on any atom is 0.256 e. The Hall–Kier alpha value is -4.64. The summed E-state index contributed by atoms with van der Waals surface area (Å²) in [6.45, 7) is 4.33. The van der Waals surface area contributed by atoms with Gasteiger partial charge in [0.15, 0.2) is 5.82 Å². The molecule has 3 N–H and O–H groups in total. The van der Waals surface area contributed by atoms with Crippen LogP contribution in [0.4, 0.5) is 23.0 Å². The first-order valence-electron chi connectivity index (χ1n) is 12.8. The molecule has 1 aromatic carbocycles. The van der Waals surface area contributed by atoms with E-state index in [1.807, 2.05) is 45.3 Å². The van der Waals surface area contributed by atoms with Crippen LogP contribution in [0.25, 0.3) is 5.82 Å². The number of nitrogens with zero attached hydrogens (tertiary/aromatic N) is 6. The van der Waals surface area contributed by atoms with E-state index in [1.165, 1.54) is 6.33 Å². The molecule has 4 rings (SSSR count). The number of aryl methyl sites for hydroxylation is 2. The van der Waals surface area contributed by atoms with E-state index in [4.69, 9.17) is 0 Å². The Morgan fingerprint density at radius 3 is 2.67 bits per heavy atom. The van der Waals surface area contributed by atoms with Gasteiger partial charge in [-0.1, -0.05) is 19.4 Å². The number of hydrogen-bond acceptors (Lipinski definition) is 8. The zero-order valence-corrected chi connectivity index (χ0v) is 22.6. The summed E-state index contributed by atoms with van der Waals surface area (Å²) >= 11 is 0. The molecule has 0 fully saturated rings. The van der Waals surface area contributed by atoms with Crippen LogP contribution >= 0.6 is 0 Å². The highest BCUT2D eigenvalue weighted by Crippen LogP contribution is 2.26. The standard InChI is InChI=1S/C28H33N9O2/c1-5-6-7-20-16-29-12-10-22(20)28(39)33-21-9-8-19(2)23(14-21)34-25-11-13-32-37(25)26-15-24(30-18-31-26)35-27(38)17-36(3)4/h8-16,18,34H,5-7,17H2,1-4H3,(H,33,39)(H,30,31,35,38). The lowest BCUT2D eigenvalue weighted by atomic mass is 10.0. The summed E-state index contributed by atoms with van der Waals surface area (Å²) in [5.41, 5.74) is 4.00. The van der Waals surface area contributed by atoms with Crippen molar-refractivity contribution in [2.45, 2.75) is 33.1 Å². The molecule has 0 aliphatic rings. The van der Waals surface area contributed by atoms with Gasteiger partial charge in [-0.3, -0.25) is 14.6 Å². The van der Waals surface area contributed by atoms with Crippen molar-refractivity contribution < 1.29 is 9.59 Å². The Bertz CT molecular complexity index is 1450. The highest BCUT2D eigenvalue weighted by atomic mass is 16.2. The molecule has 4 aromatic rings. The van der Waals surface area contributed by atoms with Crippen molar-refractivity contribution in [2.24, 2.45) is 0 Å². The summed E-state index contributed by atoms with van der Waals surface area (Å²) in [6, 6.07) is 10.9. The smallest absolute Gasteiger partial charge is 0.256 e. The van der Waals surface area contributed by atoms with Gasteiger partial charge in [0.25, 0.3) is 5.91 Å². The normalized spacial score (nSPS) is 10.9. The third-order valence-electron chi connectivity index (χ3n) is 5.95. The van der Waals surface area contributed by atoms with Crippen molar-refractivity contribution in [3.63, 3.8) is 0 Å². The number of unbranched alkanes of at least 4 members (excludes halogenated alkanes) is 1. The molecule has 202 valence electrons. The molecule has 11 nitrogen and oxygen atoms in total. The quantitative estimate of drug-likeness (QED) is 0.265. The van der Waals surface area contributed by atoms with Gasteiger partial charge in [-0.15, -0.1) is 0 Å². The number of nitrogens with one attached hydrogen (secondary N) is 3. The minimum Gasteiger partial charge on any atom is -0.340 e. The van der Waals surface area contributed by atoms with Crippen LogP contribution in [0, 0.1) is 6.92 Å². The van der Waals surface area contributed by atoms with E-state index in [9.17, 15) is 9.59 Å². The number of carbonyl (C=O) groups excluding carboxylic acids is 2. The fraction of sp³-hybridized carbons (Fsp3) is 0.286. The van der Waals surface area contributed by atoms with Crippen LogP contribution in [0.15, 0.2) is 61.3 Å². The number of amides is 2. The highest BCUT2D eigenvalue weighted by Gasteiger charge is 2.14. The van der Waals surface area contributed by atoms with Gasteiger partial charge >= 0.3 is 0 Å². The fourth-order valence-electron chi connectivity index (χ4n) is 3.97. The van der Waals surface area contributed by atoms with Gasteiger partial charge in [0.1, 0.15) is 18.0 Å². The summed E-state index contributed by atoms with van der Waals surface area (Å²) in [5, 5.41) is 13.6. The Labute approximate surface area is 227 Å². The number of hydrogen-bond donors (Lipinski definition) is 3. The molecule has 3 aromatic heterocycles. The lowest BCUT2D eigenvalue weighted by Gasteiger charge is -2.15. The monoisotopic (exact) mass is 527 g/mol. The van der Waals surface area contributed by atoms with Crippen LogP contribution in [-0.4, -0.2) is 62.1 Å². The lowest BCUT2D eigenvalue weighted by molar-refractivity contribution is -0.116. The van der Waals surface area contributed by atoms with Gasteiger partial charge in [-0.05, 0) is 63.2 Å². The van der Waals surface area contributed by atoms with E-state index in [0.29, 0.717) is 28.7 Å². The molecular weight excluding hydrogens is 494 g/mol. The molecule has 0 aliphatic carbocycles. The van der Waals surface area contributed by atoms with Crippen molar-refractivity contribution >= 4 is 34.8 Å². The molecule has 0 radical (unpaired) electrons. The molecular formula is C28H33N9O2. The maximum atomic E-state index is 13.1. The van der Waals surface area contributed by atoms with Crippen molar-refractivity contribution in [1.82, 2.24) is 29.6 Å². The number of likely N-dealkylation sites (N-methyl/N-ethyl adjacent to an activating group) is 1. The van der Waals surface area contributed by atoms with Crippen molar-refractivity contribution in [1.29, 1.82) is 0 Å². The average molecular weight is 528 g/mol. The Balaban J connectivity index is 1.52. The zero-order chi connectivity index (χ0) is 27.8. The second-order valence-electron chi connectivity index (χ2n) is 9.42. The Morgan fingerprint density at radius 1 is 1.03 bits per heavy atom. The van der Waals surface area contributed by atoms with Gasteiger partial charge in [-0.25, -0.2) is 9.97 Å². The molecule has 0 atom stereocenters. The number of pyridine rings is 1. The minimum absolute atomic E-state index is 0.173. The largest absolute Gasteiger partial charge is 0.340 e. The van der Waals surface area contributed by atoms with Crippen LogP contribution < -0.4 is 16.0 Å². The van der Waals surface area contributed by atoms with Gasteiger partial charge < -0.3 is 20.9 Å². The predicted molar refractivity (Wildman–Crippen MR) is 152 cm³/mol. The molecule has 0 spiro atoms. The summed E-state index contributed by atoms with van der Waals surface area (Å²) in [4.78, 5) is 39.7. The van der Waals surface area contributed by atoms with Crippen LogP contribution in [0.1, 0.15) is 41.3 Å². The Morgan fingerprint density at radius 2 is 1.87 bits per heavy atom. The van der Waals surface area contributed by atoms with Crippen LogP contribution in [0.2, 0.25) is 0 Å². The van der Waals surface area contributed by atoms with Crippen molar-refractivity contribution in [3.05, 3.63) is 78.0 Å². The van der Waals surface area contributed by atoms with Gasteiger partial charge in [0, 0.05) is 41.5 Å². The molecule has 2 amide bonds. The molecule has 0 aliphatic heterocycles. The number of rotatable bonds is 11. The van der Waals surface area contributed by atoms with E-state index < -0.39 is 0 Å². The fourth-order valence-corrected chi connectivity index (χ4v) is 3.97.